The summed E-state index contributed by atoms with van der Waals surface area (Å²) in [6, 6.07) is 3.40. The van der Waals surface area contributed by atoms with Crippen LogP contribution in [0.3, 0.4) is 0 Å². The number of piperidine rings is 1. The zero-order chi connectivity index (χ0) is 14.2. The first-order valence-corrected chi connectivity index (χ1v) is 7.94. The van der Waals surface area contributed by atoms with Gasteiger partial charge in [-0.25, -0.2) is 0 Å². The third-order valence-electron chi connectivity index (χ3n) is 4.68. The SMILES string of the molecule is Cl.Cl.Oc1c(Cl)cc(Cl)cc1CN1CCC2(CCNCC2)C1. The van der Waals surface area contributed by atoms with Crippen LogP contribution in [0.2, 0.25) is 10.0 Å². The lowest BCUT2D eigenvalue weighted by atomic mass is 9.78. The fraction of sp³-hybridized carbons (Fsp3) is 0.600. The maximum absolute atomic E-state index is 10.1. The Balaban J connectivity index is 0.00000121. The monoisotopic (exact) mass is 386 g/mol. The lowest BCUT2D eigenvalue weighted by Crippen LogP contribution is -2.38. The molecule has 3 rings (SSSR count). The van der Waals surface area contributed by atoms with Crippen LogP contribution in [0.5, 0.6) is 5.75 Å². The Bertz CT molecular complexity index is 507. The van der Waals surface area contributed by atoms with Crippen molar-refractivity contribution in [2.24, 2.45) is 5.41 Å². The molecule has 1 aromatic rings. The minimum atomic E-state index is 0. The van der Waals surface area contributed by atoms with E-state index in [1.54, 1.807) is 6.07 Å². The van der Waals surface area contributed by atoms with E-state index in [-0.39, 0.29) is 30.6 Å². The topological polar surface area (TPSA) is 35.5 Å². The van der Waals surface area contributed by atoms with Gasteiger partial charge in [0.1, 0.15) is 5.75 Å². The summed E-state index contributed by atoms with van der Waals surface area (Å²) in [5.74, 6) is 0.169. The van der Waals surface area contributed by atoms with Gasteiger partial charge in [0.2, 0.25) is 0 Å². The van der Waals surface area contributed by atoms with Crippen LogP contribution in [0.15, 0.2) is 12.1 Å². The van der Waals surface area contributed by atoms with Crippen LogP contribution >= 0.6 is 48.0 Å². The molecule has 0 aromatic heterocycles. The van der Waals surface area contributed by atoms with Crippen molar-refractivity contribution in [1.82, 2.24) is 10.2 Å². The fourth-order valence-corrected chi connectivity index (χ4v) is 4.04. The van der Waals surface area contributed by atoms with Gasteiger partial charge >= 0.3 is 0 Å². The second kappa shape index (κ2) is 8.27. The van der Waals surface area contributed by atoms with Crippen molar-refractivity contribution in [1.29, 1.82) is 0 Å². The minimum absolute atomic E-state index is 0. The summed E-state index contributed by atoms with van der Waals surface area (Å²) in [7, 11) is 0. The minimum Gasteiger partial charge on any atom is -0.506 e. The second-order valence-corrected chi connectivity index (χ2v) is 6.95. The quantitative estimate of drug-likeness (QED) is 0.801. The maximum Gasteiger partial charge on any atom is 0.138 e. The van der Waals surface area contributed by atoms with Crippen LogP contribution in [-0.2, 0) is 6.54 Å². The molecule has 2 aliphatic heterocycles. The van der Waals surface area contributed by atoms with Gasteiger partial charge in [-0.15, -0.1) is 24.8 Å². The van der Waals surface area contributed by atoms with E-state index in [0.717, 1.165) is 38.3 Å². The highest BCUT2D eigenvalue weighted by Crippen LogP contribution is 2.40. The Kier molecular flexibility index (Phi) is 7.58. The highest BCUT2D eigenvalue weighted by molar-refractivity contribution is 6.35. The standard InChI is InChI=1S/C15H20Cl2N2O.2ClH/c16-12-7-11(14(20)13(17)8-12)9-19-6-3-15(10-19)1-4-18-5-2-15;;/h7-8,18,20H,1-6,9-10H2;2*1H. The number of hydrogen-bond acceptors (Lipinski definition) is 3. The van der Waals surface area contributed by atoms with Crippen LogP contribution < -0.4 is 5.32 Å². The van der Waals surface area contributed by atoms with Gasteiger partial charge in [-0.2, -0.15) is 0 Å². The van der Waals surface area contributed by atoms with E-state index in [4.69, 9.17) is 23.2 Å². The van der Waals surface area contributed by atoms with Crippen molar-refractivity contribution in [3.05, 3.63) is 27.7 Å². The lowest BCUT2D eigenvalue weighted by Gasteiger charge is -2.34. The van der Waals surface area contributed by atoms with E-state index < -0.39 is 0 Å². The number of hydrogen-bond donors (Lipinski definition) is 2. The molecule has 2 saturated heterocycles. The molecule has 1 spiro atoms. The molecule has 0 atom stereocenters. The molecule has 2 N–H and O–H groups in total. The van der Waals surface area contributed by atoms with Crippen molar-refractivity contribution < 1.29 is 5.11 Å². The third-order valence-corrected chi connectivity index (χ3v) is 5.19. The molecule has 0 radical (unpaired) electrons. The molecule has 126 valence electrons. The first kappa shape index (κ1) is 20.1. The van der Waals surface area contributed by atoms with Gasteiger partial charge in [0.05, 0.1) is 5.02 Å². The molecule has 0 saturated carbocycles. The van der Waals surface area contributed by atoms with Gasteiger partial charge in [0.15, 0.2) is 0 Å². The molecular formula is C15H22Cl4N2O. The maximum atomic E-state index is 10.1. The summed E-state index contributed by atoms with van der Waals surface area (Å²) < 4.78 is 0. The Labute approximate surface area is 154 Å². The Morgan fingerprint density at radius 2 is 1.82 bits per heavy atom. The van der Waals surface area contributed by atoms with E-state index in [2.05, 4.69) is 10.2 Å². The van der Waals surface area contributed by atoms with Crippen molar-refractivity contribution in [3.63, 3.8) is 0 Å². The number of benzene rings is 1. The lowest BCUT2D eigenvalue weighted by molar-refractivity contribution is 0.193. The number of phenolic OH excluding ortho intramolecular Hbond substituents is 1. The number of nitrogens with zero attached hydrogens (tertiary/aromatic N) is 1. The molecule has 2 fully saturated rings. The predicted octanol–water partition coefficient (Wildman–Crippen LogP) is 4.12. The zero-order valence-electron chi connectivity index (χ0n) is 12.3. The average Bonchev–Trinajstić information content (AvgIpc) is 2.79. The Hall–Kier alpha value is 0.1000. The summed E-state index contributed by atoms with van der Waals surface area (Å²) in [6.45, 7) is 5.17. The van der Waals surface area contributed by atoms with Crippen LogP contribution in [0.25, 0.3) is 0 Å². The molecule has 3 nitrogen and oxygen atoms in total. The van der Waals surface area contributed by atoms with E-state index in [0.29, 0.717) is 15.5 Å². The number of likely N-dealkylation sites (tertiary alicyclic amines) is 1. The van der Waals surface area contributed by atoms with E-state index in [1.807, 2.05) is 6.07 Å². The Morgan fingerprint density at radius 1 is 1.14 bits per heavy atom. The Morgan fingerprint density at radius 3 is 2.50 bits per heavy atom. The number of phenols is 1. The van der Waals surface area contributed by atoms with Gasteiger partial charge < -0.3 is 10.4 Å². The first-order valence-electron chi connectivity index (χ1n) is 7.18. The normalized spacial score (nSPS) is 20.5. The fourth-order valence-electron chi connectivity index (χ4n) is 3.51. The van der Waals surface area contributed by atoms with Gasteiger partial charge in [0.25, 0.3) is 0 Å². The van der Waals surface area contributed by atoms with Gasteiger partial charge in [-0.1, -0.05) is 23.2 Å². The van der Waals surface area contributed by atoms with Gasteiger partial charge in [0, 0.05) is 23.7 Å². The molecule has 0 unspecified atom stereocenters. The highest BCUT2D eigenvalue weighted by atomic mass is 35.5. The summed E-state index contributed by atoms with van der Waals surface area (Å²) in [6.07, 6.45) is 3.77. The molecule has 0 aliphatic carbocycles. The van der Waals surface area contributed by atoms with Crippen LogP contribution in [0, 0.1) is 5.41 Å². The molecule has 0 bridgehead atoms. The van der Waals surface area contributed by atoms with Gasteiger partial charge in [-0.3, -0.25) is 4.90 Å². The summed E-state index contributed by atoms with van der Waals surface area (Å²) in [5.41, 5.74) is 1.30. The third kappa shape index (κ3) is 4.34. The smallest absolute Gasteiger partial charge is 0.138 e. The van der Waals surface area contributed by atoms with Crippen molar-refractivity contribution in [3.8, 4) is 5.75 Å². The molecule has 2 heterocycles. The molecule has 2 aliphatic rings. The second-order valence-electron chi connectivity index (χ2n) is 6.11. The molecule has 1 aromatic carbocycles. The van der Waals surface area contributed by atoms with E-state index in [9.17, 15) is 5.11 Å². The molecule has 22 heavy (non-hydrogen) atoms. The van der Waals surface area contributed by atoms with Crippen LogP contribution in [0.4, 0.5) is 0 Å². The largest absolute Gasteiger partial charge is 0.506 e. The number of nitrogens with one attached hydrogen (secondary N) is 1. The van der Waals surface area contributed by atoms with E-state index >= 15 is 0 Å². The zero-order valence-corrected chi connectivity index (χ0v) is 15.4. The number of halogens is 4. The van der Waals surface area contributed by atoms with Crippen LogP contribution in [0.1, 0.15) is 24.8 Å². The van der Waals surface area contributed by atoms with Crippen molar-refractivity contribution in [2.75, 3.05) is 26.2 Å². The summed E-state index contributed by atoms with van der Waals surface area (Å²) >= 11 is 12.0. The summed E-state index contributed by atoms with van der Waals surface area (Å²) in [5, 5.41) is 14.4. The first-order chi connectivity index (χ1) is 9.58. The average molecular weight is 388 g/mol. The number of aromatic hydroxyl groups is 1. The van der Waals surface area contributed by atoms with Crippen LogP contribution in [-0.4, -0.2) is 36.2 Å². The highest BCUT2D eigenvalue weighted by Gasteiger charge is 2.38. The molecular weight excluding hydrogens is 366 g/mol. The number of rotatable bonds is 2. The molecule has 7 heteroatoms. The predicted molar refractivity (Wildman–Crippen MR) is 97.1 cm³/mol. The van der Waals surface area contributed by atoms with E-state index in [1.165, 1.54) is 19.3 Å². The van der Waals surface area contributed by atoms with Crippen molar-refractivity contribution in [2.45, 2.75) is 25.8 Å². The summed E-state index contributed by atoms with van der Waals surface area (Å²) in [4.78, 5) is 2.41. The van der Waals surface area contributed by atoms with Crippen molar-refractivity contribution >= 4 is 48.0 Å². The molecule has 0 amide bonds. The van der Waals surface area contributed by atoms with Gasteiger partial charge in [-0.05, 0) is 56.4 Å².